The molecule has 1 aliphatic heterocycles. The van der Waals surface area contributed by atoms with Gasteiger partial charge in [0, 0.05) is 6.54 Å². The maximum atomic E-state index is 11.9. The number of carbonyl (C=O) groups is 1. The number of hydrogen-bond donors (Lipinski definition) is 0. The fourth-order valence-electron chi connectivity index (χ4n) is 3.13. The molecule has 0 N–H and O–H groups in total. The van der Waals surface area contributed by atoms with Crippen molar-refractivity contribution in [2.75, 3.05) is 20.8 Å². The fraction of sp³-hybridized carbons (Fsp3) is 0.278. The highest BCUT2D eigenvalue weighted by atomic mass is 35.5. The quantitative estimate of drug-likeness (QED) is 0.630. The van der Waals surface area contributed by atoms with Crippen molar-refractivity contribution in [3.05, 3.63) is 59.2 Å². The Morgan fingerprint density at radius 2 is 1.78 bits per heavy atom. The first-order valence-corrected chi connectivity index (χ1v) is 7.79. The van der Waals surface area contributed by atoms with Gasteiger partial charge in [0.05, 0.1) is 20.3 Å². The van der Waals surface area contributed by atoms with E-state index < -0.39 is 5.37 Å². The molecular formula is C18H18ClNO3. The molecule has 0 bridgehead atoms. The van der Waals surface area contributed by atoms with Crippen molar-refractivity contribution in [3.63, 3.8) is 0 Å². The molecule has 2 aromatic rings. The number of fused-ring (bicyclic) bond motifs is 1. The lowest BCUT2D eigenvalue weighted by molar-refractivity contribution is 0.204. The summed E-state index contributed by atoms with van der Waals surface area (Å²) in [5, 5.41) is -0.445. The molecular weight excluding hydrogens is 314 g/mol. The molecule has 0 fully saturated rings. The van der Waals surface area contributed by atoms with Crippen LogP contribution in [-0.4, -0.2) is 31.0 Å². The molecule has 0 radical (unpaired) electrons. The van der Waals surface area contributed by atoms with E-state index in [-0.39, 0.29) is 6.04 Å². The number of methoxy groups -OCH3 is 2. The first-order chi connectivity index (χ1) is 11.2. The van der Waals surface area contributed by atoms with Crippen LogP contribution in [0.5, 0.6) is 11.5 Å². The van der Waals surface area contributed by atoms with Crippen molar-refractivity contribution >= 4 is 17.0 Å². The van der Waals surface area contributed by atoms with E-state index in [2.05, 4.69) is 0 Å². The molecule has 1 aliphatic rings. The van der Waals surface area contributed by atoms with Gasteiger partial charge in [-0.15, -0.1) is 0 Å². The molecule has 3 rings (SSSR count). The SMILES string of the molecule is COc1cc2c(cc1OC)C(c1ccccc1)N(C(=O)Cl)CC2. The molecule has 0 spiro atoms. The number of carbonyl (C=O) groups excluding carboxylic acids is 1. The highest BCUT2D eigenvalue weighted by molar-refractivity contribution is 6.62. The Morgan fingerprint density at radius 1 is 1.13 bits per heavy atom. The number of halogens is 1. The predicted octanol–water partition coefficient (Wildman–Crippen LogP) is 4.01. The second-order valence-electron chi connectivity index (χ2n) is 5.42. The van der Waals surface area contributed by atoms with Gasteiger partial charge in [0.25, 0.3) is 0 Å². The summed E-state index contributed by atoms with van der Waals surface area (Å²) < 4.78 is 10.8. The molecule has 0 aliphatic carbocycles. The van der Waals surface area contributed by atoms with Crippen LogP contribution in [0.15, 0.2) is 42.5 Å². The first-order valence-electron chi connectivity index (χ1n) is 7.41. The molecule has 1 amide bonds. The molecule has 0 aromatic heterocycles. The molecule has 4 nitrogen and oxygen atoms in total. The summed E-state index contributed by atoms with van der Waals surface area (Å²) in [6.45, 7) is 0.574. The Labute approximate surface area is 140 Å². The van der Waals surface area contributed by atoms with Crippen LogP contribution in [0.3, 0.4) is 0 Å². The Hall–Kier alpha value is -2.20. The van der Waals surface area contributed by atoms with Crippen molar-refractivity contribution in [2.24, 2.45) is 0 Å². The molecule has 2 aromatic carbocycles. The maximum Gasteiger partial charge on any atom is 0.317 e. The highest BCUT2D eigenvalue weighted by Gasteiger charge is 2.32. The third-order valence-electron chi connectivity index (χ3n) is 4.21. The zero-order valence-corrected chi connectivity index (χ0v) is 13.8. The van der Waals surface area contributed by atoms with Gasteiger partial charge in [0.1, 0.15) is 0 Å². The third kappa shape index (κ3) is 2.86. The number of hydrogen-bond acceptors (Lipinski definition) is 3. The lowest BCUT2D eigenvalue weighted by Gasteiger charge is -2.36. The largest absolute Gasteiger partial charge is 0.493 e. The van der Waals surface area contributed by atoms with E-state index in [4.69, 9.17) is 21.1 Å². The van der Waals surface area contributed by atoms with Crippen LogP contribution in [-0.2, 0) is 6.42 Å². The minimum atomic E-state index is -0.445. The van der Waals surface area contributed by atoms with Gasteiger partial charge in [0.2, 0.25) is 0 Å². The van der Waals surface area contributed by atoms with Crippen LogP contribution in [0.4, 0.5) is 4.79 Å². The summed E-state index contributed by atoms with van der Waals surface area (Å²) in [4.78, 5) is 13.6. The van der Waals surface area contributed by atoms with Gasteiger partial charge in [-0.3, -0.25) is 4.79 Å². The van der Waals surface area contributed by atoms with Crippen LogP contribution in [0, 0.1) is 0 Å². The molecule has 120 valence electrons. The zero-order chi connectivity index (χ0) is 16.4. The van der Waals surface area contributed by atoms with Gasteiger partial charge in [-0.1, -0.05) is 30.3 Å². The third-order valence-corrected chi connectivity index (χ3v) is 4.43. The number of nitrogens with zero attached hydrogens (tertiary/aromatic N) is 1. The molecule has 0 saturated heterocycles. The molecule has 5 heteroatoms. The summed E-state index contributed by atoms with van der Waals surface area (Å²) in [5.74, 6) is 1.35. The van der Waals surface area contributed by atoms with E-state index >= 15 is 0 Å². The van der Waals surface area contributed by atoms with Gasteiger partial charge in [-0.25, -0.2) is 0 Å². The van der Waals surface area contributed by atoms with Crippen LogP contribution in [0.2, 0.25) is 0 Å². The Kier molecular flexibility index (Phi) is 4.44. The van der Waals surface area contributed by atoms with Crippen molar-refractivity contribution in [2.45, 2.75) is 12.5 Å². The van der Waals surface area contributed by atoms with Crippen molar-refractivity contribution in [3.8, 4) is 11.5 Å². The molecule has 1 heterocycles. The lowest BCUT2D eigenvalue weighted by Crippen LogP contribution is -2.37. The van der Waals surface area contributed by atoms with Crippen LogP contribution >= 0.6 is 11.6 Å². The Morgan fingerprint density at radius 3 is 2.39 bits per heavy atom. The van der Waals surface area contributed by atoms with Crippen LogP contribution in [0.1, 0.15) is 22.7 Å². The van der Waals surface area contributed by atoms with E-state index in [0.717, 1.165) is 23.1 Å². The van der Waals surface area contributed by atoms with Crippen molar-refractivity contribution in [1.82, 2.24) is 4.90 Å². The summed E-state index contributed by atoms with van der Waals surface area (Å²) >= 11 is 5.83. The molecule has 0 saturated carbocycles. The standard InChI is InChI=1S/C18H18ClNO3/c1-22-15-10-13-8-9-20(18(19)21)17(12-6-4-3-5-7-12)14(13)11-16(15)23-2/h3-7,10-11,17H,8-9H2,1-2H3. The van der Waals surface area contributed by atoms with Gasteiger partial charge in [0.15, 0.2) is 11.5 Å². The minimum Gasteiger partial charge on any atom is -0.493 e. The van der Waals surface area contributed by atoms with Gasteiger partial charge in [-0.05, 0) is 46.8 Å². The minimum absolute atomic E-state index is 0.218. The summed E-state index contributed by atoms with van der Waals surface area (Å²) in [7, 11) is 3.23. The average Bonchev–Trinajstić information content (AvgIpc) is 2.59. The van der Waals surface area contributed by atoms with E-state index in [1.165, 1.54) is 0 Å². The smallest absolute Gasteiger partial charge is 0.317 e. The normalized spacial score (nSPS) is 16.7. The number of rotatable bonds is 3. The summed E-state index contributed by atoms with van der Waals surface area (Å²) in [5.41, 5.74) is 3.19. The fourth-order valence-corrected chi connectivity index (χ4v) is 3.31. The van der Waals surface area contributed by atoms with Crippen LogP contribution < -0.4 is 9.47 Å². The van der Waals surface area contributed by atoms with Crippen molar-refractivity contribution in [1.29, 1.82) is 0 Å². The Bertz CT molecular complexity index is 718. The molecule has 1 unspecified atom stereocenters. The Balaban J connectivity index is 2.17. The van der Waals surface area contributed by atoms with E-state index in [1.807, 2.05) is 42.5 Å². The van der Waals surface area contributed by atoms with Crippen LogP contribution in [0.25, 0.3) is 0 Å². The number of ether oxygens (including phenoxy) is 2. The topological polar surface area (TPSA) is 38.8 Å². The monoisotopic (exact) mass is 331 g/mol. The van der Waals surface area contributed by atoms with E-state index in [1.54, 1.807) is 19.1 Å². The summed E-state index contributed by atoms with van der Waals surface area (Å²) in [6, 6.07) is 13.6. The molecule has 23 heavy (non-hydrogen) atoms. The lowest BCUT2D eigenvalue weighted by atomic mass is 9.88. The summed E-state index contributed by atoms with van der Waals surface area (Å²) in [6.07, 6.45) is 0.734. The number of amides is 1. The van der Waals surface area contributed by atoms with E-state index in [0.29, 0.717) is 18.0 Å². The van der Waals surface area contributed by atoms with Gasteiger partial charge in [-0.2, -0.15) is 0 Å². The predicted molar refractivity (Wildman–Crippen MR) is 89.5 cm³/mol. The second-order valence-corrected chi connectivity index (χ2v) is 5.74. The maximum absolute atomic E-state index is 11.9. The molecule has 1 atom stereocenters. The van der Waals surface area contributed by atoms with Gasteiger partial charge < -0.3 is 14.4 Å². The highest BCUT2D eigenvalue weighted by Crippen LogP contribution is 2.41. The van der Waals surface area contributed by atoms with E-state index in [9.17, 15) is 4.79 Å². The average molecular weight is 332 g/mol. The number of benzene rings is 2. The second kappa shape index (κ2) is 6.50. The van der Waals surface area contributed by atoms with Gasteiger partial charge >= 0.3 is 5.37 Å². The van der Waals surface area contributed by atoms with Crippen molar-refractivity contribution < 1.29 is 14.3 Å². The zero-order valence-electron chi connectivity index (χ0n) is 13.1. The first kappa shape index (κ1) is 15.7.